The molecule has 5 aromatic rings. The van der Waals surface area contributed by atoms with Crippen molar-refractivity contribution in [3.8, 4) is 33.4 Å². The Balaban J connectivity index is 1.53. The second-order valence-corrected chi connectivity index (χ2v) is 11.8. The molecule has 0 N–H and O–H groups in total. The molecule has 1 nitrogen and oxygen atoms in total. The molecule has 0 bridgehead atoms. The zero-order valence-electron chi connectivity index (χ0n) is 23.5. The molecule has 5 aromatic carbocycles. The van der Waals surface area contributed by atoms with Crippen LogP contribution < -0.4 is 5.46 Å². The zero-order valence-corrected chi connectivity index (χ0v) is 23.5. The predicted molar refractivity (Wildman–Crippen MR) is 166 cm³/mol. The van der Waals surface area contributed by atoms with Crippen molar-refractivity contribution < 1.29 is 4.65 Å². The molecule has 190 valence electrons. The van der Waals surface area contributed by atoms with Crippen LogP contribution in [0, 0.1) is 5.41 Å². The molecule has 5 rings (SSSR count). The van der Waals surface area contributed by atoms with Crippen LogP contribution in [0.5, 0.6) is 0 Å². The molecule has 0 heterocycles. The van der Waals surface area contributed by atoms with Crippen LogP contribution >= 0.6 is 0 Å². The Morgan fingerprint density at radius 3 is 1.82 bits per heavy atom. The molecule has 38 heavy (non-hydrogen) atoms. The van der Waals surface area contributed by atoms with Crippen molar-refractivity contribution in [3.63, 3.8) is 0 Å². The van der Waals surface area contributed by atoms with Crippen LogP contribution in [0.15, 0.2) is 115 Å². The highest BCUT2D eigenvalue weighted by Crippen LogP contribution is 2.35. The van der Waals surface area contributed by atoms with E-state index in [1.165, 1.54) is 49.6 Å². The van der Waals surface area contributed by atoms with Gasteiger partial charge in [-0.1, -0.05) is 143 Å². The van der Waals surface area contributed by atoms with Crippen molar-refractivity contribution in [1.82, 2.24) is 0 Å². The first-order valence-electron chi connectivity index (χ1n) is 13.6. The van der Waals surface area contributed by atoms with Crippen LogP contribution in [0.2, 0.25) is 6.82 Å². The van der Waals surface area contributed by atoms with Crippen LogP contribution in [-0.4, -0.2) is 12.5 Å². The van der Waals surface area contributed by atoms with Crippen molar-refractivity contribution in [2.24, 2.45) is 5.41 Å². The summed E-state index contributed by atoms with van der Waals surface area (Å²) in [5, 5.41) is 2.55. The first kappa shape index (κ1) is 26.0. The molecule has 0 saturated heterocycles. The van der Waals surface area contributed by atoms with Gasteiger partial charge < -0.3 is 4.65 Å². The minimum absolute atomic E-state index is 0.0171. The molecule has 0 amide bonds. The minimum Gasteiger partial charge on any atom is -0.426 e. The van der Waals surface area contributed by atoms with Crippen LogP contribution in [0.4, 0.5) is 0 Å². The Morgan fingerprint density at radius 2 is 1.11 bits per heavy atom. The number of benzene rings is 5. The summed E-state index contributed by atoms with van der Waals surface area (Å²) in [6, 6.07) is 41.5. The van der Waals surface area contributed by atoms with Gasteiger partial charge in [0, 0.05) is 0 Å². The van der Waals surface area contributed by atoms with E-state index in [0.29, 0.717) is 0 Å². The van der Waals surface area contributed by atoms with E-state index < -0.39 is 0 Å². The van der Waals surface area contributed by atoms with E-state index in [9.17, 15) is 0 Å². The van der Waals surface area contributed by atoms with E-state index in [0.717, 1.165) is 0 Å². The molecule has 0 spiro atoms. The molecule has 0 aromatic heterocycles. The van der Waals surface area contributed by atoms with Crippen LogP contribution in [-0.2, 0) is 4.65 Å². The molecule has 0 atom stereocenters. The quantitative estimate of drug-likeness (QED) is 0.213. The van der Waals surface area contributed by atoms with E-state index in [1.54, 1.807) is 0 Å². The van der Waals surface area contributed by atoms with Crippen LogP contribution in [0.25, 0.3) is 44.2 Å². The second-order valence-electron chi connectivity index (χ2n) is 11.8. The SMILES string of the molecule is CB(OC(C)(C)C(C)(C)C)c1cc(-c2ccc(-c3cccc4ccccc34)cc2)ccc1-c1ccccc1. The van der Waals surface area contributed by atoms with Gasteiger partial charge in [-0.15, -0.1) is 0 Å². The molecule has 0 aliphatic heterocycles. The van der Waals surface area contributed by atoms with Crippen molar-refractivity contribution in [2.45, 2.75) is 47.0 Å². The lowest BCUT2D eigenvalue weighted by molar-refractivity contribution is 0.000469. The Hall–Kier alpha value is -3.62. The predicted octanol–water partition coefficient (Wildman–Crippen LogP) is 9.51. The number of fused-ring (bicyclic) bond motifs is 1. The maximum Gasteiger partial charge on any atom is 0.324 e. The first-order valence-corrected chi connectivity index (χ1v) is 13.6. The van der Waals surface area contributed by atoms with E-state index >= 15 is 0 Å². The lowest BCUT2D eigenvalue weighted by Gasteiger charge is -2.41. The van der Waals surface area contributed by atoms with E-state index in [1.807, 2.05) is 0 Å². The van der Waals surface area contributed by atoms with Gasteiger partial charge in [-0.3, -0.25) is 0 Å². The Bertz CT molecular complexity index is 1540. The largest absolute Gasteiger partial charge is 0.426 e. The normalized spacial score (nSPS) is 12.1. The van der Waals surface area contributed by atoms with Gasteiger partial charge in [0.05, 0.1) is 5.60 Å². The molecular formula is C36H37BO. The minimum atomic E-state index is -0.281. The third-order valence-electron chi connectivity index (χ3n) is 8.17. The fourth-order valence-corrected chi connectivity index (χ4v) is 4.96. The molecule has 0 fully saturated rings. The highest BCUT2D eigenvalue weighted by Gasteiger charge is 2.36. The van der Waals surface area contributed by atoms with Crippen LogP contribution in [0.3, 0.4) is 0 Å². The lowest BCUT2D eigenvalue weighted by Crippen LogP contribution is -2.47. The fraction of sp³-hybridized carbons (Fsp3) is 0.222. The average Bonchev–Trinajstić information content (AvgIpc) is 2.92. The summed E-state index contributed by atoms with van der Waals surface area (Å²) in [6.07, 6.45) is 0. The summed E-state index contributed by atoms with van der Waals surface area (Å²) in [6.45, 7) is 13.2. The molecule has 2 heteroatoms. The fourth-order valence-electron chi connectivity index (χ4n) is 4.96. The topological polar surface area (TPSA) is 9.23 Å². The van der Waals surface area contributed by atoms with Gasteiger partial charge in [0.1, 0.15) is 0 Å². The lowest BCUT2D eigenvalue weighted by atomic mass is 9.59. The van der Waals surface area contributed by atoms with Crippen molar-refractivity contribution in [1.29, 1.82) is 0 Å². The van der Waals surface area contributed by atoms with Gasteiger partial charge in [-0.05, 0) is 68.9 Å². The van der Waals surface area contributed by atoms with Gasteiger partial charge in [-0.2, -0.15) is 0 Å². The molecule has 0 aliphatic rings. The third kappa shape index (κ3) is 5.19. The smallest absolute Gasteiger partial charge is 0.324 e. The first-order chi connectivity index (χ1) is 18.1. The van der Waals surface area contributed by atoms with Gasteiger partial charge in [0.25, 0.3) is 0 Å². The molecule has 0 saturated carbocycles. The molecule has 0 unspecified atom stereocenters. The van der Waals surface area contributed by atoms with Gasteiger partial charge in [0.15, 0.2) is 0 Å². The Labute approximate surface area is 228 Å². The zero-order chi connectivity index (χ0) is 26.9. The summed E-state index contributed by atoms with van der Waals surface area (Å²) in [4.78, 5) is 0. The van der Waals surface area contributed by atoms with E-state index in [-0.39, 0.29) is 17.9 Å². The standard InChI is InChI=1S/C36H37BO/c1-35(2,3)36(4,5)38-37(6)34-25-30(23-24-33(34)28-13-8-7-9-14-28)26-19-21-29(22-20-26)32-18-12-16-27-15-10-11-17-31(27)32/h7-25H,1-6H3. The second kappa shape index (κ2) is 10.3. The summed E-state index contributed by atoms with van der Waals surface area (Å²) in [5.74, 6) is 0. The summed E-state index contributed by atoms with van der Waals surface area (Å²) in [7, 11) is 0. The van der Waals surface area contributed by atoms with E-state index in [2.05, 4.69) is 157 Å². The van der Waals surface area contributed by atoms with Crippen molar-refractivity contribution in [3.05, 3.63) is 115 Å². The summed E-state index contributed by atoms with van der Waals surface area (Å²) < 4.78 is 6.76. The number of hydrogen-bond donors (Lipinski definition) is 0. The Kier molecular flexibility index (Phi) is 7.03. The molecular weight excluding hydrogens is 459 g/mol. The average molecular weight is 497 g/mol. The van der Waals surface area contributed by atoms with Crippen LogP contribution in [0.1, 0.15) is 34.6 Å². The maximum atomic E-state index is 6.76. The summed E-state index contributed by atoms with van der Waals surface area (Å²) in [5.41, 5.74) is 8.29. The molecule has 0 radical (unpaired) electrons. The van der Waals surface area contributed by atoms with Gasteiger partial charge in [0.2, 0.25) is 0 Å². The number of rotatable bonds is 6. The highest BCUT2D eigenvalue weighted by atomic mass is 16.5. The molecule has 0 aliphatic carbocycles. The third-order valence-corrected chi connectivity index (χ3v) is 8.17. The summed E-state index contributed by atoms with van der Waals surface area (Å²) >= 11 is 0. The Morgan fingerprint density at radius 1 is 0.526 bits per heavy atom. The van der Waals surface area contributed by atoms with Crippen molar-refractivity contribution in [2.75, 3.05) is 0 Å². The highest BCUT2D eigenvalue weighted by molar-refractivity contribution is 6.68. The number of hydrogen-bond acceptors (Lipinski definition) is 1. The maximum absolute atomic E-state index is 6.76. The van der Waals surface area contributed by atoms with Crippen molar-refractivity contribution >= 4 is 23.2 Å². The van der Waals surface area contributed by atoms with Gasteiger partial charge in [-0.25, -0.2) is 0 Å². The van der Waals surface area contributed by atoms with E-state index in [4.69, 9.17) is 4.65 Å². The monoisotopic (exact) mass is 496 g/mol. The van der Waals surface area contributed by atoms with Gasteiger partial charge >= 0.3 is 6.92 Å².